The Morgan fingerprint density at radius 1 is 1.24 bits per heavy atom. The predicted octanol–water partition coefficient (Wildman–Crippen LogP) is 1.87. The summed E-state index contributed by atoms with van der Waals surface area (Å²) in [6.07, 6.45) is 3.68. The van der Waals surface area contributed by atoms with Crippen LogP contribution in [0, 0.1) is 6.92 Å². The number of hydrogen-bond acceptors (Lipinski definition) is 6. The van der Waals surface area contributed by atoms with Crippen molar-refractivity contribution in [1.29, 1.82) is 0 Å². The molecule has 1 amide bonds. The number of methoxy groups -OCH3 is 1. The molecule has 3 N–H and O–H groups in total. The zero-order valence-electron chi connectivity index (χ0n) is 19.8. The third-order valence-electron chi connectivity index (χ3n) is 5.95. The molecule has 180 valence electrons. The van der Waals surface area contributed by atoms with Crippen LogP contribution in [0.1, 0.15) is 43.7 Å². The van der Waals surface area contributed by atoms with Crippen LogP contribution >= 0.6 is 0 Å². The van der Waals surface area contributed by atoms with Crippen LogP contribution in [-0.4, -0.2) is 53.2 Å². The molecule has 1 fully saturated rings. The van der Waals surface area contributed by atoms with Gasteiger partial charge >= 0.3 is 5.69 Å². The lowest BCUT2D eigenvalue weighted by atomic mass is 10.1. The lowest BCUT2D eigenvalue weighted by Gasteiger charge is -2.28. The summed E-state index contributed by atoms with van der Waals surface area (Å²) in [6, 6.07) is 8.61. The van der Waals surface area contributed by atoms with E-state index in [1.165, 1.54) is 22.1 Å². The first-order valence-electron chi connectivity index (χ1n) is 11.6. The SMILES string of the molecule is CCCCn1c(N)c(N(CCOC)C(=O)CN(Cc2ccc(C)cc2)C2CC2)c(=O)[nH]c1=O. The molecule has 2 aromatic rings. The molecule has 0 radical (unpaired) electrons. The third kappa shape index (κ3) is 6.33. The molecule has 1 saturated carbocycles. The highest BCUT2D eigenvalue weighted by molar-refractivity contribution is 5.96. The summed E-state index contributed by atoms with van der Waals surface area (Å²) in [5.74, 6) is -0.234. The maximum absolute atomic E-state index is 13.5. The number of nitrogens with zero attached hydrogens (tertiary/aromatic N) is 3. The summed E-state index contributed by atoms with van der Waals surface area (Å²) < 4.78 is 6.52. The van der Waals surface area contributed by atoms with E-state index in [1.54, 1.807) is 0 Å². The van der Waals surface area contributed by atoms with E-state index in [-0.39, 0.29) is 37.1 Å². The zero-order valence-corrected chi connectivity index (χ0v) is 19.8. The van der Waals surface area contributed by atoms with Gasteiger partial charge in [-0.05, 0) is 31.7 Å². The van der Waals surface area contributed by atoms with Gasteiger partial charge in [-0.1, -0.05) is 43.2 Å². The molecular weight excluding hydrogens is 422 g/mol. The van der Waals surface area contributed by atoms with E-state index in [9.17, 15) is 14.4 Å². The van der Waals surface area contributed by atoms with Gasteiger partial charge in [0.15, 0.2) is 5.69 Å². The Balaban J connectivity index is 1.88. The number of nitrogens with one attached hydrogen (secondary N) is 1. The van der Waals surface area contributed by atoms with Gasteiger partial charge in [0.2, 0.25) is 5.91 Å². The van der Waals surface area contributed by atoms with Gasteiger partial charge < -0.3 is 15.4 Å². The minimum atomic E-state index is -0.661. The number of hydrogen-bond donors (Lipinski definition) is 2. The van der Waals surface area contributed by atoms with E-state index >= 15 is 0 Å². The standard InChI is InChI=1S/C24H35N5O4/c1-4-5-12-29-22(25)21(23(31)26-24(29)32)28(13-14-33-3)20(30)16-27(19-10-11-19)15-18-8-6-17(2)7-9-18/h6-9,19H,4-5,10-16,25H2,1-3H3,(H,26,31,32). The Bertz CT molecular complexity index is 1060. The number of benzene rings is 1. The monoisotopic (exact) mass is 457 g/mol. The Morgan fingerprint density at radius 3 is 2.55 bits per heavy atom. The third-order valence-corrected chi connectivity index (χ3v) is 5.95. The van der Waals surface area contributed by atoms with Gasteiger partial charge in [-0.15, -0.1) is 0 Å². The van der Waals surface area contributed by atoms with Gasteiger partial charge in [-0.2, -0.15) is 0 Å². The number of aromatic amines is 1. The quantitative estimate of drug-likeness (QED) is 0.503. The van der Waals surface area contributed by atoms with Crippen molar-refractivity contribution in [3.63, 3.8) is 0 Å². The Labute approximate surface area is 194 Å². The fraction of sp³-hybridized carbons (Fsp3) is 0.542. The molecule has 0 bridgehead atoms. The van der Waals surface area contributed by atoms with Crippen LogP contribution < -0.4 is 21.9 Å². The number of nitrogen functional groups attached to an aromatic ring is 1. The number of nitrogens with two attached hydrogens (primary N) is 1. The molecule has 9 heteroatoms. The van der Waals surface area contributed by atoms with Crippen molar-refractivity contribution in [3.05, 3.63) is 56.2 Å². The average molecular weight is 458 g/mol. The van der Waals surface area contributed by atoms with Gasteiger partial charge in [0, 0.05) is 32.8 Å². The van der Waals surface area contributed by atoms with Gasteiger partial charge in [-0.25, -0.2) is 4.79 Å². The zero-order chi connectivity index (χ0) is 24.0. The number of aryl methyl sites for hydroxylation is 1. The van der Waals surface area contributed by atoms with Crippen molar-refractivity contribution in [1.82, 2.24) is 14.5 Å². The average Bonchev–Trinajstić information content (AvgIpc) is 3.62. The molecule has 0 unspecified atom stereocenters. The highest BCUT2D eigenvalue weighted by Crippen LogP contribution is 2.29. The molecule has 0 aliphatic heterocycles. The van der Waals surface area contributed by atoms with Crippen molar-refractivity contribution >= 4 is 17.4 Å². The summed E-state index contributed by atoms with van der Waals surface area (Å²) in [6.45, 7) is 5.62. The van der Waals surface area contributed by atoms with Crippen molar-refractivity contribution in [2.45, 2.75) is 58.7 Å². The van der Waals surface area contributed by atoms with Crippen molar-refractivity contribution in [2.24, 2.45) is 0 Å². The Hall–Kier alpha value is -2.91. The molecule has 3 rings (SSSR count). The number of unbranched alkanes of at least 4 members (excludes halogenated alkanes) is 1. The number of H-pyrrole nitrogens is 1. The molecule has 0 saturated heterocycles. The van der Waals surface area contributed by atoms with Crippen LogP contribution in [-0.2, 0) is 22.6 Å². The minimum Gasteiger partial charge on any atom is -0.383 e. The maximum Gasteiger partial charge on any atom is 0.330 e. The molecule has 1 aliphatic rings. The van der Waals surface area contributed by atoms with Gasteiger partial charge in [-0.3, -0.25) is 24.0 Å². The topological polar surface area (TPSA) is 114 Å². The van der Waals surface area contributed by atoms with Crippen LogP contribution in [0.4, 0.5) is 11.5 Å². The number of anilines is 2. The predicted molar refractivity (Wildman–Crippen MR) is 129 cm³/mol. The summed E-state index contributed by atoms with van der Waals surface area (Å²) in [7, 11) is 1.53. The number of carbonyl (C=O) groups excluding carboxylic acids is 1. The van der Waals surface area contributed by atoms with Crippen molar-refractivity contribution in [3.8, 4) is 0 Å². The van der Waals surface area contributed by atoms with Crippen LogP contribution in [0.2, 0.25) is 0 Å². The van der Waals surface area contributed by atoms with Crippen LogP contribution in [0.5, 0.6) is 0 Å². The van der Waals surface area contributed by atoms with Crippen LogP contribution in [0.3, 0.4) is 0 Å². The molecule has 1 aliphatic carbocycles. The summed E-state index contributed by atoms with van der Waals surface area (Å²) in [5, 5.41) is 0. The molecular formula is C24H35N5O4. The first-order valence-corrected chi connectivity index (χ1v) is 11.6. The van der Waals surface area contributed by atoms with Gasteiger partial charge in [0.25, 0.3) is 5.56 Å². The Morgan fingerprint density at radius 2 is 1.94 bits per heavy atom. The second kappa shape index (κ2) is 11.3. The van der Waals surface area contributed by atoms with E-state index in [4.69, 9.17) is 10.5 Å². The number of rotatable bonds is 12. The largest absolute Gasteiger partial charge is 0.383 e. The summed E-state index contributed by atoms with van der Waals surface area (Å²) >= 11 is 0. The van der Waals surface area contributed by atoms with Crippen molar-refractivity contribution in [2.75, 3.05) is 37.4 Å². The number of aromatic nitrogens is 2. The highest BCUT2D eigenvalue weighted by atomic mass is 16.5. The minimum absolute atomic E-state index is 0.0122. The molecule has 1 aromatic carbocycles. The highest BCUT2D eigenvalue weighted by Gasteiger charge is 2.33. The van der Waals surface area contributed by atoms with E-state index in [1.807, 2.05) is 13.8 Å². The molecule has 0 atom stereocenters. The normalized spacial score (nSPS) is 13.5. The van der Waals surface area contributed by atoms with E-state index < -0.39 is 11.2 Å². The summed E-state index contributed by atoms with van der Waals surface area (Å²) in [4.78, 5) is 44.4. The maximum atomic E-state index is 13.5. The van der Waals surface area contributed by atoms with Gasteiger partial charge in [0.05, 0.1) is 13.2 Å². The fourth-order valence-electron chi connectivity index (χ4n) is 3.86. The lowest BCUT2D eigenvalue weighted by Crippen LogP contribution is -2.46. The number of carbonyl (C=O) groups is 1. The second-order valence-corrected chi connectivity index (χ2v) is 8.66. The molecule has 9 nitrogen and oxygen atoms in total. The number of ether oxygens (including phenoxy) is 1. The van der Waals surface area contributed by atoms with Crippen molar-refractivity contribution < 1.29 is 9.53 Å². The molecule has 1 aromatic heterocycles. The summed E-state index contributed by atoms with van der Waals surface area (Å²) in [5.41, 5.74) is 7.38. The molecule has 33 heavy (non-hydrogen) atoms. The smallest absolute Gasteiger partial charge is 0.330 e. The molecule has 1 heterocycles. The lowest BCUT2D eigenvalue weighted by molar-refractivity contribution is -0.120. The Kier molecular flexibility index (Phi) is 8.46. The van der Waals surface area contributed by atoms with Gasteiger partial charge in [0.1, 0.15) is 5.82 Å². The number of amides is 1. The van der Waals surface area contributed by atoms with Crippen LogP contribution in [0.25, 0.3) is 0 Å². The van der Waals surface area contributed by atoms with E-state index in [2.05, 4.69) is 34.1 Å². The van der Waals surface area contributed by atoms with E-state index in [0.29, 0.717) is 19.1 Å². The molecule has 0 spiro atoms. The fourth-order valence-corrected chi connectivity index (χ4v) is 3.86. The second-order valence-electron chi connectivity index (χ2n) is 8.66. The van der Waals surface area contributed by atoms with E-state index in [0.717, 1.165) is 31.2 Å². The van der Waals surface area contributed by atoms with Crippen LogP contribution in [0.15, 0.2) is 33.9 Å². The first-order chi connectivity index (χ1) is 15.8. The first kappa shape index (κ1) is 24.7.